The molecule has 0 heterocycles. The predicted octanol–water partition coefficient (Wildman–Crippen LogP) is 4.26. The van der Waals surface area contributed by atoms with E-state index in [0.29, 0.717) is 0 Å². The van der Waals surface area contributed by atoms with E-state index in [9.17, 15) is 4.79 Å². The van der Waals surface area contributed by atoms with Gasteiger partial charge in [-0.2, -0.15) is 0 Å². The van der Waals surface area contributed by atoms with Crippen LogP contribution in [0.25, 0.3) is 0 Å². The molecule has 0 aromatic rings. The van der Waals surface area contributed by atoms with Crippen LogP contribution in [-0.4, -0.2) is 18.2 Å². The van der Waals surface area contributed by atoms with Crippen molar-refractivity contribution in [2.75, 3.05) is 0 Å². The molecule has 106 valence electrons. The molecule has 0 aromatic carbocycles. The summed E-state index contributed by atoms with van der Waals surface area (Å²) in [5.41, 5.74) is 0. The van der Waals surface area contributed by atoms with Crippen LogP contribution in [0.1, 0.15) is 72.1 Å². The quantitative estimate of drug-likeness (QED) is 0.815. The van der Waals surface area contributed by atoms with Crippen LogP contribution in [-0.2, 0) is 4.74 Å². The Morgan fingerprint density at radius 3 is 2.33 bits per heavy atom. The van der Waals surface area contributed by atoms with E-state index in [1.54, 1.807) is 0 Å². The van der Waals surface area contributed by atoms with Gasteiger partial charge in [0.05, 0.1) is 0 Å². The zero-order valence-corrected chi connectivity index (χ0v) is 12.2. The first-order valence-electron chi connectivity index (χ1n) is 7.71. The maximum atomic E-state index is 11.6. The first-order chi connectivity index (χ1) is 8.74. The molecule has 18 heavy (non-hydrogen) atoms. The third-order valence-electron chi connectivity index (χ3n) is 3.57. The second kappa shape index (κ2) is 8.39. The van der Waals surface area contributed by atoms with Gasteiger partial charge in [0.2, 0.25) is 0 Å². The lowest BCUT2D eigenvalue weighted by atomic mass is 9.98. The number of alkyl carbamates (subject to hydrolysis) is 1. The van der Waals surface area contributed by atoms with Gasteiger partial charge in [0, 0.05) is 6.04 Å². The molecule has 0 aromatic heterocycles. The van der Waals surface area contributed by atoms with Gasteiger partial charge in [-0.25, -0.2) is 4.79 Å². The first-order valence-corrected chi connectivity index (χ1v) is 7.71. The van der Waals surface area contributed by atoms with Crippen molar-refractivity contribution in [3.63, 3.8) is 0 Å². The lowest BCUT2D eigenvalue weighted by molar-refractivity contribution is 0.0729. The SMILES string of the molecule is CC.CC(CC1CC1)NC(=O)OC1CCCCC1. The smallest absolute Gasteiger partial charge is 0.407 e. The summed E-state index contributed by atoms with van der Waals surface area (Å²) in [6.45, 7) is 6.07. The fourth-order valence-corrected chi connectivity index (χ4v) is 2.48. The Morgan fingerprint density at radius 2 is 1.78 bits per heavy atom. The van der Waals surface area contributed by atoms with Crippen LogP contribution in [0.3, 0.4) is 0 Å². The van der Waals surface area contributed by atoms with Crippen LogP contribution < -0.4 is 5.32 Å². The van der Waals surface area contributed by atoms with Gasteiger partial charge in [0.1, 0.15) is 6.10 Å². The Balaban J connectivity index is 0.000000771. The van der Waals surface area contributed by atoms with Gasteiger partial charge >= 0.3 is 6.09 Å². The van der Waals surface area contributed by atoms with Gasteiger partial charge in [-0.05, 0) is 44.9 Å². The second-order valence-electron chi connectivity index (χ2n) is 5.39. The molecule has 0 saturated heterocycles. The van der Waals surface area contributed by atoms with Crippen LogP contribution in [0.2, 0.25) is 0 Å². The topological polar surface area (TPSA) is 38.3 Å². The summed E-state index contributed by atoms with van der Waals surface area (Å²) in [6, 6.07) is 0.267. The molecule has 1 N–H and O–H groups in total. The van der Waals surface area contributed by atoms with Crippen LogP contribution in [0, 0.1) is 5.92 Å². The molecular weight excluding hydrogens is 226 g/mol. The summed E-state index contributed by atoms with van der Waals surface area (Å²) in [6.07, 6.45) is 9.54. The largest absolute Gasteiger partial charge is 0.446 e. The molecule has 2 aliphatic carbocycles. The molecule has 0 spiro atoms. The second-order valence-corrected chi connectivity index (χ2v) is 5.39. The maximum Gasteiger partial charge on any atom is 0.407 e. The highest BCUT2D eigenvalue weighted by atomic mass is 16.6. The maximum absolute atomic E-state index is 11.6. The highest BCUT2D eigenvalue weighted by Gasteiger charge is 2.25. The zero-order chi connectivity index (χ0) is 13.4. The number of rotatable bonds is 4. The summed E-state index contributed by atoms with van der Waals surface area (Å²) in [5, 5.41) is 2.94. The van der Waals surface area contributed by atoms with Crippen LogP contribution >= 0.6 is 0 Å². The van der Waals surface area contributed by atoms with Gasteiger partial charge in [0.25, 0.3) is 0 Å². The van der Waals surface area contributed by atoms with Crippen LogP contribution in [0.4, 0.5) is 4.79 Å². The minimum Gasteiger partial charge on any atom is -0.446 e. The molecule has 2 saturated carbocycles. The molecule has 3 nitrogen and oxygen atoms in total. The highest BCUT2D eigenvalue weighted by Crippen LogP contribution is 2.33. The van der Waals surface area contributed by atoms with E-state index in [1.165, 1.54) is 32.1 Å². The van der Waals surface area contributed by atoms with E-state index in [4.69, 9.17) is 4.74 Å². The fraction of sp³-hybridized carbons (Fsp3) is 0.933. The van der Waals surface area contributed by atoms with E-state index in [2.05, 4.69) is 12.2 Å². The Kier molecular flexibility index (Phi) is 7.14. The summed E-state index contributed by atoms with van der Waals surface area (Å²) in [5.74, 6) is 0.852. The fourth-order valence-electron chi connectivity index (χ4n) is 2.48. The van der Waals surface area contributed by atoms with Crippen molar-refractivity contribution in [2.24, 2.45) is 5.92 Å². The average molecular weight is 255 g/mol. The van der Waals surface area contributed by atoms with Crippen molar-refractivity contribution in [3.05, 3.63) is 0 Å². The number of nitrogens with one attached hydrogen (secondary N) is 1. The van der Waals surface area contributed by atoms with Gasteiger partial charge in [-0.15, -0.1) is 0 Å². The molecule has 1 amide bonds. The van der Waals surface area contributed by atoms with Gasteiger partial charge in [0.15, 0.2) is 0 Å². The van der Waals surface area contributed by atoms with Crippen LogP contribution in [0.15, 0.2) is 0 Å². The van der Waals surface area contributed by atoms with E-state index in [0.717, 1.165) is 25.2 Å². The Morgan fingerprint density at radius 1 is 1.17 bits per heavy atom. The molecule has 2 aliphatic rings. The molecule has 1 atom stereocenters. The Bertz CT molecular complexity index is 233. The molecule has 0 aliphatic heterocycles. The Labute approximate surface area is 112 Å². The average Bonchev–Trinajstić information content (AvgIpc) is 3.16. The van der Waals surface area contributed by atoms with E-state index >= 15 is 0 Å². The van der Waals surface area contributed by atoms with Gasteiger partial charge < -0.3 is 10.1 Å². The molecular formula is C15H29NO2. The van der Waals surface area contributed by atoms with E-state index in [1.807, 2.05) is 13.8 Å². The molecule has 1 unspecified atom stereocenters. The Hall–Kier alpha value is -0.730. The lowest BCUT2D eigenvalue weighted by Crippen LogP contribution is -2.36. The van der Waals surface area contributed by atoms with E-state index in [-0.39, 0.29) is 18.2 Å². The summed E-state index contributed by atoms with van der Waals surface area (Å²) < 4.78 is 5.41. The number of amides is 1. The standard InChI is InChI=1S/C13H23NO2.C2H6/c1-10(9-11-7-8-11)14-13(15)16-12-5-3-2-4-6-12;1-2/h10-12H,2-9H2,1H3,(H,14,15);1-2H3. The normalized spacial score (nSPS) is 21.5. The number of carbonyl (C=O) groups is 1. The molecule has 3 heteroatoms. The van der Waals surface area contributed by atoms with Crippen molar-refractivity contribution in [1.29, 1.82) is 0 Å². The number of ether oxygens (including phenoxy) is 1. The molecule has 0 bridgehead atoms. The van der Waals surface area contributed by atoms with Gasteiger partial charge in [-0.1, -0.05) is 33.1 Å². The number of hydrogen-bond donors (Lipinski definition) is 1. The predicted molar refractivity (Wildman–Crippen MR) is 74.6 cm³/mol. The van der Waals surface area contributed by atoms with Crippen molar-refractivity contribution in [3.8, 4) is 0 Å². The lowest BCUT2D eigenvalue weighted by Gasteiger charge is -2.23. The van der Waals surface area contributed by atoms with Crippen molar-refractivity contribution >= 4 is 6.09 Å². The monoisotopic (exact) mass is 255 g/mol. The molecule has 2 fully saturated rings. The minimum absolute atomic E-state index is 0.168. The summed E-state index contributed by atoms with van der Waals surface area (Å²) in [4.78, 5) is 11.6. The van der Waals surface area contributed by atoms with Gasteiger partial charge in [-0.3, -0.25) is 0 Å². The van der Waals surface area contributed by atoms with E-state index < -0.39 is 0 Å². The van der Waals surface area contributed by atoms with Crippen LogP contribution in [0.5, 0.6) is 0 Å². The van der Waals surface area contributed by atoms with Crippen molar-refractivity contribution in [1.82, 2.24) is 5.32 Å². The number of carbonyl (C=O) groups excluding carboxylic acids is 1. The first kappa shape index (κ1) is 15.3. The molecule has 0 radical (unpaired) electrons. The third-order valence-corrected chi connectivity index (χ3v) is 3.57. The minimum atomic E-state index is -0.208. The highest BCUT2D eigenvalue weighted by molar-refractivity contribution is 5.67. The summed E-state index contributed by atoms with van der Waals surface area (Å²) in [7, 11) is 0. The third kappa shape index (κ3) is 6.27. The van der Waals surface area contributed by atoms with Crippen molar-refractivity contribution < 1.29 is 9.53 Å². The van der Waals surface area contributed by atoms with Crippen molar-refractivity contribution in [2.45, 2.75) is 84.3 Å². The number of hydrogen-bond acceptors (Lipinski definition) is 2. The summed E-state index contributed by atoms with van der Waals surface area (Å²) >= 11 is 0. The zero-order valence-electron chi connectivity index (χ0n) is 12.2. The molecule has 2 rings (SSSR count).